The molecule has 2 nitrogen and oxygen atoms in total. The van der Waals surface area contributed by atoms with Gasteiger partial charge in [0.1, 0.15) is 11.9 Å². The van der Waals surface area contributed by atoms with Crippen molar-refractivity contribution in [1.82, 2.24) is 0 Å². The Kier molecular flexibility index (Phi) is 2.86. The zero-order valence-electron chi connectivity index (χ0n) is 7.63. The highest BCUT2D eigenvalue weighted by Crippen LogP contribution is 2.14. The predicted octanol–water partition coefficient (Wildman–Crippen LogP) is 2.52. The van der Waals surface area contributed by atoms with Gasteiger partial charge in [0.25, 0.3) is 0 Å². The zero-order valence-corrected chi connectivity index (χ0v) is 7.63. The Hall–Kier alpha value is -1.56. The normalized spacial score (nSPS) is 9.77. The number of benzene rings is 1. The summed E-state index contributed by atoms with van der Waals surface area (Å²) in [6.07, 6.45) is 0. The third-order valence-electron chi connectivity index (χ3n) is 1.54. The molecule has 0 fully saturated rings. The van der Waals surface area contributed by atoms with Gasteiger partial charge in [0.2, 0.25) is 0 Å². The molecule has 0 radical (unpaired) electrons. The van der Waals surface area contributed by atoms with Gasteiger partial charge in [-0.15, -0.1) is 0 Å². The number of nitrogens with zero attached hydrogens (tertiary/aromatic N) is 1. The van der Waals surface area contributed by atoms with Gasteiger partial charge in [0.15, 0.2) is 0 Å². The summed E-state index contributed by atoms with van der Waals surface area (Å²) in [6, 6.07) is 6.53. The zero-order chi connectivity index (χ0) is 9.84. The summed E-state index contributed by atoms with van der Waals surface area (Å²) in [4.78, 5) is 0. The molecule has 0 bridgehead atoms. The summed E-state index contributed by atoms with van der Waals surface area (Å²) >= 11 is 0. The van der Waals surface area contributed by atoms with Gasteiger partial charge in [-0.2, -0.15) is 5.26 Å². The topological polar surface area (TPSA) is 35.8 Å². The molecule has 0 saturated heterocycles. The molecule has 0 aromatic heterocycles. The maximum atomic E-state index is 13.0. The lowest BCUT2D eigenvalue weighted by Gasteiger charge is -2.09. The summed E-state index contributed by atoms with van der Waals surface area (Å²) in [7, 11) is 0. The van der Waals surface area contributed by atoms with Crippen molar-refractivity contribution in [3.8, 4) is 6.07 Å². The van der Waals surface area contributed by atoms with Crippen molar-refractivity contribution in [3.05, 3.63) is 29.6 Å². The van der Waals surface area contributed by atoms with Gasteiger partial charge in [-0.25, -0.2) is 4.39 Å². The van der Waals surface area contributed by atoms with Gasteiger partial charge in [0.05, 0.1) is 5.56 Å². The fourth-order valence-electron chi connectivity index (χ4n) is 1.03. The molecule has 0 heterocycles. The minimum absolute atomic E-state index is 0.0781. The second-order valence-corrected chi connectivity index (χ2v) is 3.11. The molecule has 1 aromatic rings. The molecule has 0 amide bonds. The van der Waals surface area contributed by atoms with E-state index in [1.54, 1.807) is 12.1 Å². The lowest BCUT2D eigenvalue weighted by atomic mass is 10.2. The molecule has 1 rings (SSSR count). The fourth-order valence-corrected chi connectivity index (χ4v) is 1.03. The van der Waals surface area contributed by atoms with E-state index in [4.69, 9.17) is 5.26 Å². The van der Waals surface area contributed by atoms with Gasteiger partial charge >= 0.3 is 0 Å². The van der Waals surface area contributed by atoms with Crippen molar-refractivity contribution in [3.63, 3.8) is 0 Å². The van der Waals surface area contributed by atoms with E-state index in [2.05, 4.69) is 5.32 Å². The molecule has 1 N–H and O–H groups in total. The Balaban J connectivity index is 2.91. The van der Waals surface area contributed by atoms with E-state index >= 15 is 0 Å². The van der Waals surface area contributed by atoms with Crippen molar-refractivity contribution in [2.45, 2.75) is 19.9 Å². The molecule has 3 heteroatoms. The first-order valence-electron chi connectivity index (χ1n) is 4.09. The number of halogens is 1. The molecule has 0 unspecified atom stereocenters. The molecule has 68 valence electrons. The molecule has 0 saturated carbocycles. The SMILES string of the molecule is CC(C)Nc1ccc(C#N)c(F)c1. The second-order valence-electron chi connectivity index (χ2n) is 3.11. The summed E-state index contributed by atoms with van der Waals surface area (Å²) in [5.41, 5.74) is 0.779. The second kappa shape index (κ2) is 3.90. The summed E-state index contributed by atoms with van der Waals surface area (Å²) in [5.74, 6) is -0.479. The van der Waals surface area contributed by atoms with E-state index in [0.29, 0.717) is 5.69 Å². The van der Waals surface area contributed by atoms with Gasteiger partial charge in [-0.1, -0.05) is 0 Å². The van der Waals surface area contributed by atoms with Crippen molar-refractivity contribution < 1.29 is 4.39 Å². The highest BCUT2D eigenvalue weighted by atomic mass is 19.1. The number of hydrogen-bond acceptors (Lipinski definition) is 2. The monoisotopic (exact) mass is 178 g/mol. The average Bonchev–Trinajstić information content (AvgIpc) is 2.03. The van der Waals surface area contributed by atoms with Crippen LogP contribution in [0.2, 0.25) is 0 Å². The van der Waals surface area contributed by atoms with Crippen LogP contribution in [0.15, 0.2) is 18.2 Å². The van der Waals surface area contributed by atoms with Crippen molar-refractivity contribution >= 4 is 5.69 Å². The first-order valence-corrected chi connectivity index (χ1v) is 4.09. The molecule has 13 heavy (non-hydrogen) atoms. The van der Waals surface area contributed by atoms with E-state index in [1.807, 2.05) is 13.8 Å². The van der Waals surface area contributed by atoms with Crippen LogP contribution in [0.1, 0.15) is 19.4 Å². The van der Waals surface area contributed by atoms with E-state index in [0.717, 1.165) is 0 Å². The van der Waals surface area contributed by atoms with Crippen molar-refractivity contribution in [2.24, 2.45) is 0 Å². The van der Waals surface area contributed by atoms with Crippen LogP contribution in [0.25, 0.3) is 0 Å². The highest BCUT2D eigenvalue weighted by molar-refractivity contribution is 5.48. The highest BCUT2D eigenvalue weighted by Gasteiger charge is 2.02. The largest absolute Gasteiger partial charge is 0.383 e. The minimum atomic E-state index is -0.479. The van der Waals surface area contributed by atoms with Crippen molar-refractivity contribution in [2.75, 3.05) is 5.32 Å². The Labute approximate surface area is 77.0 Å². The third kappa shape index (κ3) is 2.45. The first-order chi connectivity index (χ1) is 6.13. The quantitative estimate of drug-likeness (QED) is 0.755. The van der Waals surface area contributed by atoms with Crippen LogP contribution in [-0.2, 0) is 0 Å². The summed E-state index contributed by atoms with van der Waals surface area (Å²) < 4.78 is 13.0. The molecule has 1 aromatic carbocycles. The van der Waals surface area contributed by atoms with Gasteiger partial charge in [0, 0.05) is 11.7 Å². The van der Waals surface area contributed by atoms with Crippen molar-refractivity contribution in [1.29, 1.82) is 5.26 Å². The summed E-state index contributed by atoms with van der Waals surface area (Å²) in [5, 5.41) is 11.5. The lowest BCUT2D eigenvalue weighted by molar-refractivity contribution is 0.624. The number of nitriles is 1. The smallest absolute Gasteiger partial charge is 0.143 e. The van der Waals surface area contributed by atoms with Gasteiger partial charge in [-0.05, 0) is 32.0 Å². The van der Waals surface area contributed by atoms with Crippen LogP contribution in [0.4, 0.5) is 10.1 Å². The maximum Gasteiger partial charge on any atom is 0.143 e. The lowest BCUT2D eigenvalue weighted by Crippen LogP contribution is -2.09. The Morgan fingerprint density at radius 2 is 2.15 bits per heavy atom. The van der Waals surface area contributed by atoms with Crippen LogP contribution < -0.4 is 5.32 Å². The molecule has 0 spiro atoms. The number of nitrogens with one attached hydrogen (secondary N) is 1. The Morgan fingerprint density at radius 3 is 2.62 bits per heavy atom. The summed E-state index contributed by atoms with van der Waals surface area (Å²) in [6.45, 7) is 3.94. The van der Waals surface area contributed by atoms with Crippen LogP contribution in [0.3, 0.4) is 0 Å². The first kappa shape index (κ1) is 9.53. The third-order valence-corrected chi connectivity index (χ3v) is 1.54. The maximum absolute atomic E-state index is 13.0. The number of anilines is 1. The Bertz CT molecular complexity index is 339. The fraction of sp³-hybridized carbons (Fsp3) is 0.300. The Morgan fingerprint density at radius 1 is 1.46 bits per heavy atom. The van der Waals surface area contributed by atoms with Gasteiger partial charge < -0.3 is 5.32 Å². The molecule has 0 aliphatic heterocycles. The van der Waals surface area contributed by atoms with E-state index in [-0.39, 0.29) is 11.6 Å². The van der Waals surface area contributed by atoms with Gasteiger partial charge in [-0.3, -0.25) is 0 Å². The molecular formula is C10H11FN2. The molecule has 0 aliphatic rings. The predicted molar refractivity (Wildman–Crippen MR) is 49.9 cm³/mol. The van der Waals surface area contributed by atoms with Crippen LogP contribution in [0, 0.1) is 17.1 Å². The molecular weight excluding hydrogens is 167 g/mol. The standard InChI is InChI=1S/C10H11FN2/c1-7(2)13-9-4-3-8(6-12)10(11)5-9/h3-5,7,13H,1-2H3. The molecule has 0 aliphatic carbocycles. The minimum Gasteiger partial charge on any atom is -0.383 e. The van der Waals surface area contributed by atoms with Crippen LogP contribution >= 0.6 is 0 Å². The number of hydrogen-bond donors (Lipinski definition) is 1. The van der Waals surface area contributed by atoms with Crippen LogP contribution in [-0.4, -0.2) is 6.04 Å². The van der Waals surface area contributed by atoms with E-state index in [9.17, 15) is 4.39 Å². The van der Waals surface area contributed by atoms with Crippen LogP contribution in [0.5, 0.6) is 0 Å². The van der Waals surface area contributed by atoms with E-state index in [1.165, 1.54) is 12.1 Å². The average molecular weight is 178 g/mol. The number of rotatable bonds is 2. The molecule has 0 atom stereocenters. The van der Waals surface area contributed by atoms with E-state index < -0.39 is 5.82 Å².